The van der Waals surface area contributed by atoms with Crippen LogP contribution in [0.2, 0.25) is 0 Å². The molecule has 0 aromatic heterocycles. The second-order valence-corrected chi connectivity index (χ2v) is 7.37. The fraction of sp³-hybridized carbons (Fsp3) is 0.280. The molecule has 0 spiro atoms. The molecule has 2 nitrogen and oxygen atoms in total. The lowest BCUT2D eigenvalue weighted by molar-refractivity contribution is 0.404. The molecule has 140 valence electrons. The topological polar surface area (TPSA) is 52.0 Å². The minimum Gasteiger partial charge on any atom is -0.310 e. The van der Waals surface area contributed by atoms with Crippen molar-refractivity contribution >= 4 is 0 Å². The summed E-state index contributed by atoms with van der Waals surface area (Å²) in [6, 6.07) is 29.8. The molecular formula is C25H30N2. The van der Waals surface area contributed by atoms with E-state index in [9.17, 15) is 0 Å². The quantitative estimate of drug-likeness (QED) is 0.316. The summed E-state index contributed by atoms with van der Waals surface area (Å²) in [5.41, 5.74) is 16.9. The summed E-state index contributed by atoms with van der Waals surface area (Å²) in [7, 11) is 0. The van der Waals surface area contributed by atoms with Crippen molar-refractivity contribution < 1.29 is 0 Å². The summed E-state index contributed by atoms with van der Waals surface area (Å²) in [4.78, 5) is 0. The van der Waals surface area contributed by atoms with Gasteiger partial charge in [0.2, 0.25) is 0 Å². The maximum absolute atomic E-state index is 6.41. The maximum Gasteiger partial charge on any atom is 0.0899 e. The predicted octanol–water partition coefficient (Wildman–Crippen LogP) is 5.52. The van der Waals surface area contributed by atoms with Crippen LogP contribution in [0.15, 0.2) is 84.9 Å². The van der Waals surface area contributed by atoms with Crippen LogP contribution in [0.1, 0.15) is 60.8 Å². The first-order chi connectivity index (χ1) is 13.1. The molecule has 2 heteroatoms. The van der Waals surface area contributed by atoms with Gasteiger partial charge in [0.05, 0.1) is 5.66 Å². The van der Waals surface area contributed by atoms with Crippen LogP contribution in [-0.2, 0) is 5.66 Å². The van der Waals surface area contributed by atoms with E-state index in [0.29, 0.717) is 0 Å². The van der Waals surface area contributed by atoms with E-state index < -0.39 is 5.66 Å². The zero-order chi connectivity index (χ0) is 19.1. The van der Waals surface area contributed by atoms with Gasteiger partial charge in [-0.2, -0.15) is 0 Å². The molecule has 27 heavy (non-hydrogen) atoms. The molecule has 0 fully saturated rings. The van der Waals surface area contributed by atoms with Gasteiger partial charge in [-0.3, -0.25) is 0 Å². The van der Waals surface area contributed by atoms with E-state index in [-0.39, 0.29) is 5.92 Å². The molecule has 3 aromatic rings. The van der Waals surface area contributed by atoms with Crippen LogP contribution in [0.25, 0.3) is 0 Å². The lowest BCUT2D eigenvalue weighted by Gasteiger charge is -2.26. The Morgan fingerprint density at radius 3 is 1.63 bits per heavy atom. The smallest absolute Gasteiger partial charge is 0.0899 e. The summed E-state index contributed by atoms with van der Waals surface area (Å²) in [5, 5.41) is 0. The standard InChI is InChI=1S/C25H30N2/c1-2-3-10-19-25(26,27)23-17-15-22(16-18-23)24(20-11-6-4-7-12-20)21-13-8-5-9-14-21/h4-9,11-18,24H,2-3,10,19,26-27H2,1H3. The van der Waals surface area contributed by atoms with Crippen LogP contribution in [-0.4, -0.2) is 0 Å². The average Bonchev–Trinajstić information content (AvgIpc) is 2.70. The van der Waals surface area contributed by atoms with Gasteiger partial charge in [-0.05, 0) is 35.1 Å². The Balaban J connectivity index is 1.90. The Kier molecular flexibility index (Phi) is 6.44. The number of rotatable bonds is 8. The third-order valence-corrected chi connectivity index (χ3v) is 5.24. The minimum absolute atomic E-state index is 0.200. The van der Waals surface area contributed by atoms with Crippen molar-refractivity contribution in [1.29, 1.82) is 0 Å². The van der Waals surface area contributed by atoms with Crippen molar-refractivity contribution in [2.75, 3.05) is 0 Å². The van der Waals surface area contributed by atoms with E-state index in [4.69, 9.17) is 11.5 Å². The molecule has 0 atom stereocenters. The van der Waals surface area contributed by atoms with E-state index in [1.165, 1.54) is 29.5 Å². The zero-order valence-electron chi connectivity index (χ0n) is 16.1. The molecule has 0 aliphatic carbocycles. The predicted molar refractivity (Wildman–Crippen MR) is 114 cm³/mol. The van der Waals surface area contributed by atoms with Crippen LogP contribution >= 0.6 is 0 Å². The highest BCUT2D eigenvalue weighted by molar-refractivity contribution is 5.44. The molecule has 0 amide bonds. The van der Waals surface area contributed by atoms with Crippen LogP contribution in [0.4, 0.5) is 0 Å². The molecule has 3 aromatic carbocycles. The number of hydrogen-bond donors (Lipinski definition) is 2. The number of unbranched alkanes of at least 4 members (excludes halogenated alkanes) is 2. The van der Waals surface area contributed by atoms with Gasteiger partial charge < -0.3 is 11.5 Å². The lowest BCUT2D eigenvalue weighted by atomic mass is 9.84. The zero-order valence-corrected chi connectivity index (χ0v) is 16.1. The maximum atomic E-state index is 6.41. The van der Waals surface area contributed by atoms with Gasteiger partial charge in [0.1, 0.15) is 0 Å². The molecule has 0 saturated carbocycles. The van der Waals surface area contributed by atoms with Crippen molar-refractivity contribution in [3.05, 3.63) is 107 Å². The van der Waals surface area contributed by atoms with Gasteiger partial charge in [0.15, 0.2) is 0 Å². The average molecular weight is 359 g/mol. The first kappa shape index (κ1) is 19.3. The Labute approximate surface area is 163 Å². The van der Waals surface area contributed by atoms with Crippen LogP contribution in [0.5, 0.6) is 0 Å². The Morgan fingerprint density at radius 1 is 0.667 bits per heavy atom. The highest BCUT2D eigenvalue weighted by Gasteiger charge is 2.22. The molecule has 3 rings (SSSR count). The largest absolute Gasteiger partial charge is 0.310 e. The summed E-state index contributed by atoms with van der Waals surface area (Å²) in [6.07, 6.45) is 4.20. The van der Waals surface area contributed by atoms with Crippen molar-refractivity contribution in [3.8, 4) is 0 Å². The summed E-state index contributed by atoms with van der Waals surface area (Å²) in [5.74, 6) is 0.200. The van der Waals surface area contributed by atoms with Gasteiger partial charge in [-0.15, -0.1) is 0 Å². The molecule has 4 N–H and O–H groups in total. The van der Waals surface area contributed by atoms with Gasteiger partial charge in [0, 0.05) is 5.92 Å². The first-order valence-electron chi connectivity index (χ1n) is 9.90. The van der Waals surface area contributed by atoms with Crippen LogP contribution < -0.4 is 11.5 Å². The SMILES string of the molecule is CCCCCC(N)(N)c1ccc(C(c2ccccc2)c2ccccc2)cc1. The van der Waals surface area contributed by atoms with Gasteiger partial charge >= 0.3 is 0 Å². The minimum atomic E-state index is -0.761. The number of nitrogens with two attached hydrogens (primary N) is 2. The molecule has 0 bridgehead atoms. The molecular weight excluding hydrogens is 328 g/mol. The lowest BCUT2D eigenvalue weighted by Crippen LogP contribution is -2.45. The third kappa shape index (κ3) is 4.85. The van der Waals surface area contributed by atoms with Gasteiger partial charge in [-0.25, -0.2) is 0 Å². The van der Waals surface area contributed by atoms with E-state index in [0.717, 1.165) is 18.4 Å². The molecule has 0 aliphatic rings. The molecule has 0 saturated heterocycles. The molecule has 0 radical (unpaired) electrons. The molecule has 0 unspecified atom stereocenters. The second-order valence-electron chi connectivity index (χ2n) is 7.37. The monoisotopic (exact) mass is 358 g/mol. The van der Waals surface area contributed by atoms with Crippen molar-refractivity contribution in [3.63, 3.8) is 0 Å². The summed E-state index contributed by atoms with van der Waals surface area (Å²) in [6.45, 7) is 2.19. The number of hydrogen-bond acceptors (Lipinski definition) is 2. The Morgan fingerprint density at radius 2 is 1.15 bits per heavy atom. The fourth-order valence-electron chi connectivity index (χ4n) is 3.67. The van der Waals surface area contributed by atoms with Crippen LogP contribution in [0.3, 0.4) is 0 Å². The van der Waals surface area contributed by atoms with Gasteiger partial charge in [0.25, 0.3) is 0 Å². The highest BCUT2D eigenvalue weighted by atomic mass is 14.9. The van der Waals surface area contributed by atoms with Crippen molar-refractivity contribution in [1.82, 2.24) is 0 Å². The normalized spacial score (nSPS) is 11.7. The van der Waals surface area contributed by atoms with E-state index in [1.807, 2.05) is 0 Å². The summed E-state index contributed by atoms with van der Waals surface area (Å²) < 4.78 is 0. The van der Waals surface area contributed by atoms with E-state index >= 15 is 0 Å². The van der Waals surface area contributed by atoms with Crippen molar-refractivity contribution in [2.45, 2.75) is 44.2 Å². The summed E-state index contributed by atoms with van der Waals surface area (Å²) >= 11 is 0. The first-order valence-corrected chi connectivity index (χ1v) is 9.90. The van der Waals surface area contributed by atoms with Crippen LogP contribution in [0, 0.1) is 0 Å². The van der Waals surface area contributed by atoms with E-state index in [2.05, 4.69) is 91.9 Å². The third-order valence-electron chi connectivity index (χ3n) is 5.24. The Hall–Kier alpha value is -2.42. The highest BCUT2D eigenvalue weighted by Crippen LogP contribution is 2.32. The van der Waals surface area contributed by atoms with E-state index in [1.54, 1.807) is 0 Å². The molecule has 0 heterocycles. The fourth-order valence-corrected chi connectivity index (χ4v) is 3.67. The van der Waals surface area contributed by atoms with Gasteiger partial charge in [-0.1, -0.05) is 105 Å². The molecule has 0 aliphatic heterocycles. The Bertz CT molecular complexity index is 768. The second kappa shape index (κ2) is 8.98. The van der Waals surface area contributed by atoms with Crippen molar-refractivity contribution in [2.24, 2.45) is 11.5 Å². The number of benzene rings is 3.